The number of likely N-dealkylation sites (tertiary alicyclic amines) is 2. The van der Waals surface area contributed by atoms with Crippen molar-refractivity contribution in [3.05, 3.63) is 34.3 Å². The first-order valence-corrected chi connectivity index (χ1v) is 9.96. The summed E-state index contributed by atoms with van der Waals surface area (Å²) in [6.45, 7) is 4.77. The highest BCUT2D eigenvalue weighted by molar-refractivity contribution is 7.13. The minimum Gasteiger partial charge on any atom is -0.338 e. The number of nitrogens with zero attached hydrogens (tertiary/aromatic N) is 5. The third kappa shape index (κ3) is 3.62. The molecule has 0 bridgehead atoms. The van der Waals surface area contributed by atoms with Gasteiger partial charge in [0.25, 0.3) is 5.91 Å². The monoisotopic (exact) mass is 359 g/mol. The summed E-state index contributed by atoms with van der Waals surface area (Å²) in [4.78, 5) is 27.1. The van der Waals surface area contributed by atoms with Crippen molar-refractivity contribution in [3.63, 3.8) is 0 Å². The Balaban J connectivity index is 1.41. The molecule has 0 radical (unpaired) electrons. The van der Waals surface area contributed by atoms with E-state index in [-0.39, 0.29) is 5.91 Å². The van der Waals surface area contributed by atoms with Crippen LogP contribution in [-0.4, -0.2) is 56.4 Å². The van der Waals surface area contributed by atoms with E-state index in [2.05, 4.69) is 19.4 Å². The van der Waals surface area contributed by atoms with Crippen LogP contribution in [0.1, 0.15) is 52.1 Å². The Labute approximate surface area is 152 Å². The molecule has 2 aromatic heterocycles. The van der Waals surface area contributed by atoms with Crippen LogP contribution in [0.15, 0.2) is 18.6 Å². The van der Waals surface area contributed by atoms with Crippen molar-refractivity contribution in [2.24, 2.45) is 7.05 Å². The fourth-order valence-electron chi connectivity index (χ4n) is 3.91. The first-order chi connectivity index (χ1) is 12.2. The molecule has 0 saturated carbocycles. The lowest BCUT2D eigenvalue weighted by molar-refractivity contribution is 0.0708. The van der Waals surface area contributed by atoms with Crippen molar-refractivity contribution in [2.45, 2.75) is 38.1 Å². The fourth-order valence-corrected chi connectivity index (χ4v) is 4.84. The molecule has 2 aliphatic rings. The Kier molecular flexibility index (Phi) is 4.85. The summed E-state index contributed by atoms with van der Waals surface area (Å²) >= 11 is 1.56. The summed E-state index contributed by atoms with van der Waals surface area (Å²) in [5, 5.41) is 1.06. The van der Waals surface area contributed by atoms with Crippen molar-refractivity contribution in [1.29, 1.82) is 0 Å². The fraction of sp³-hybridized carbons (Fsp3) is 0.611. The van der Waals surface area contributed by atoms with Gasteiger partial charge in [-0.15, -0.1) is 11.3 Å². The number of imidazole rings is 1. The highest BCUT2D eigenvalue weighted by Gasteiger charge is 2.28. The molecule has 6 nitrogen and oxygen atoms in total. The van der Waals surface area contributed by atoms with E-state index in [0.717, 1.165) is 61.3 Å². The second kappa shape index (κ2) is 7.25. The number of piperidine rings is 1. The Bertz CT molecular complexity index is 733. The molecular weight excluding hydrogens is 334 g/mol. The van der Waals surface area contributed by atoms with Gasteiger partial charge in [-0.25, -0.2) is 9.97 Å². The van der Waals surface area contributed by atoms with Crippen molar-refractivity contribution in [1.82, 2.24) is 24.3 Å². The molecule has 0 aromatic carbocycles. The molecule has 4 rings (SSSR count). The standard InChI is InChI=1S/C18H25N5OS/c1-21-10-6-19-17(21)14-5-4-9-23(12-14)18(24)15-11-20-16(25-15)13-22-7-2-3-8-22/h6,10-11,14H,2-5,7-9,12-13H2,1H3/t14-/m1/s1. The van der Waals surface area contributed by atoms with Gasteiger partial charge in [-0.2, -0.15) is 0 Å². The molecule has 4 heterocycles. The van der Waals surface area contributed by atoms with E-state index in [0.29, 0.717) is 5.92 Å². The van der Waals surface area contributed by atoms with Gasteiger partial charge in [0, 0.05) is 38.4 Å². The zero-order chi connectivity index (χ0) is 17.2. The van der Waals surface area contributed by atoms with Gasteiger partial charge in [-0.3, -0.25) is 9.69 Å². The van der Waals surface area contributed by atoms with E-state index in [1.165, 1.54) is 12.8 Å². The van der Waals surface area contributed by atoms with Crippen molar-refractivity contribution in [3.8, 4) is 0 Å². The van der Waals surface area contributed by atoms with Crippen LogP contribution < -0.4 is 0 Å². The summed E-state index contributed by atoms with van der Waals surface area (Å²) in [5.41, 5.74) is 0. The van der Waals surface area contributed by atoms with Gasteiger partial charge in [0.2, 0.25) is 0 Å². The van der Waals surface area contributed by atoms with Gasteiger partial charge in [0.1, 0.15) is 15.7 Å². The van der Waals surface area contributed by atoms with Crippen LogP contribution in [0.4, 0.5) is 0 Å². The molecule has 25 heavy (non-hydrogen) atoms. The molecular formula is C18H25N5OS. The first kappa shape index (κ1) is 16.7. The van der Waals surface area contributed by atoms with Crippen molar-refractivity contribution in [2.75, 3.05) is 26.2 Å². The van der Waals surface area contributed by atoms with Crippen molar-refractivity contribution >= 4 is 17.2 Å². The third-order valence-electron chi connectivity index (χ3n) is 5.25. The molecule has 2 aliphatic heterocycles. The number of hydrogen-bond acceptors (Lipinski definition) is 5. The molecule has 1 amide bonds. The number of aryl methyl sites for hydroxylation is 1. The van der Waals surface area contributed by atoms with Gasteiger partial charge >= 0.3 is 0 Å². The van der Waals surface area contributed by atoms with E-state index in [1.807, 2.05) is 24.3 Å². The Hall–Kier alpha value is -1.73. The van der Waals surface area contributed by atoms with Gasteiger partial charge in [0.15, 0.2) is 0 Å². The highest BCUT2D eigenvalue weighted by Crippen LogP contribution is 2.27. The van der Waals surface area contributed by atoms with E-state index in [9.17, 15) is 4.79 Å². The van der Waals surface area contributed by atoms with E-state index < -0.39 is 0 Å². The molecule has 0 N–H and O–H groups in total. The Morgan fingerprint density at radius 3 is 2.84 bits per heavy atom. The maximum absolute atomic E-state index is 12.9. The normalized spacial score (nSPS) is 21.8. The minimum atomic E-state index is 0.129. The van der Waals surface area contributed by atoms with Crippen LogP contribution in [0.2, 0.25) is 0 Å². The van der Waals surface area contributed by atoms with Crippen LogP contribution in [0, 0.1) is 0 Å². The predicted molar refractivity (Wildman–Crippen MR) is 97.7 cm³/mol. The zero-order valence-corrected chi connectivity index (χ0v) is 15.5. The van der Waals surface area contributed by atoms with Crippen LogP contribution in [0.25, 0.3) is 0 Å². The van der Waals surface area contributed by atoms with Gasteiger partial charge in [0.05, 0.1) is 12.7 Å². The number of rotatable bonds is 4. The van der Waals surface area contributed by atoms with Crippen LogP contribution in [0.3, 0.4) is 0 Å². The van der Waals surface area contributed by atoms with Gasteiger partial charge < -0.3 is 9.47 Å². The molecule has 2 saturated heterocycles. The maximum atomic E-state index is 12.9. The number of carbonyl (C=O) groups excluding carboxylic acids is 1. The van der Waals surface area contributed by atoms with Gasteiger partial charge in [-0.1, -0.05) is 0 Å². The predicted octanol–water partition coefficient (Wildman–Crippen LogP) is 2.49. The van der Waals surface area contributed by atoms with Crippen LogP contribution in [0.5, 0.6) is 0 Å². The van der Waals surface area contributed by atoms with E-state index in [4.69, 9.17) is 0 Å². The molecule has 2 fully saturated rings. The topological polar surface area (TPSA) is 54.3 Å². The SMILES string of the molecule is Cn1ccnc1[C@@H]1CCCN(C(=O)c2cnc(CN3CCCC3)s2)C1. The first-order valence-electron chi connectivity index (χ1n) is 9.14. The Morgan fingerprint density at radius 2 is 2.08 bits per heavy atom. The molecule has 1 atom stereocenters. The molecule has 0 aliphatic carbocycles. The average molecular weight is 359 g/mol. The number of amides is 1. The number of carbonyl (C=O) groups is 1. The second-order valence-corrected chi connectivity index (χ2v) is 8.20. The van der Waals surface area contributed by atoms with Gasteiger partial charge in [-0.05, 0) is 38.8 Å². The number of aromatic nitrogens is 3. The summed E-state index contributed by atoms with van der Waals surface area (Å²) in [5.74, 6) is 1.54. The second-order valence-electron chi connectivity index (χ2n) is 7.09. The highest BCUT2D eigenvalue weighted by atomic mass is 32.1. The average Bonchev–Trinajstić information content (AvgIpc) is 3.37. The summed E-state index contributed by atoms with van der Waals surface area (Å²) in [6, 6.07) is 0. The molecule has 0 unspecified atom stereocenters. The lowest BCUT2D eigenvalue weighted by atomic mass is 9.97. The molecule has 7 heteroatoms. The minimum absolute atomic E-state index is 0.129. The number of hydrogen-bond donors (Lipinski definition) is 0. The lowest BCUT2D eigenvalue weighted by Gasteiger charge is -2.32. The van der Waals surface area contributed by atoms with Crippen molar-refractivity contribution < 1.29 is 4.79 Å². The summed E-state index contributed by atoms with van der Waals surface area (Å²) in [6.07, 6.45) is 10.3. The van der Waals surface area contributed by atoms with Crippen LogP contribution >= 0.6 is 11.3 Å². The maximum Gasteiger partial charge on any atom is 0.265 e. The summed E-state index contributed by atoms with van der Waals surface area (Å²) < 4.78 is 2.07. The smallest absolute Gasteiger partial charge is 0.265 e. The molecule has 0 spiro atoms. The summed E-state index contributed by atoms with van der Waals surface area (Å²) in [7, 11) is 2.02. The van der Waals surface area contributed by atoms with E-state index >= 15 is 0 Å². The Morgan fingerprint density at radius 1 is 1.24 bits per heavy atom. The quantitative estimate of drug-likeness (QED) is 0.842. The van der Waals surface area contributed by atoms with E-state index in [1.54, 1.807) is 17.5 Å². The third-order valence-corrected chi connectivity index (χ3v) is 6.22. The van der Waals surface area contributed by atoms with Crippen LogP contribution in [-0.2, 0) is 13.6 Å². The number of thiazole rings is 1. The molecule has 2 aromatic rings. The zero-order valence-electron chi connectivity index (χ0n) is 14.7. The molecule has 134 valence electrons. The lowest BCUT2D eigenvalue weighted by Crippen LogP contribution is -2.39. The largest absolute Gasteiger partial charge is 0.338 e.